The van der Waals surface area contributed by atoms with Crippen LogP contribution in [0.5, 0.6) is 23.0 Å². The molecule has 0 aliphatic heterocycles. The summed E-state index contributed by atoms with van der Waals surface area (Å²) in [7, 11) is 4.41. The van der Waals surface area contributed by atoms with Crippen LogP contribution in [0, 0.1) is 0 Å². The van der Waals surface area contributed by atoms with E-state index in [2.05, 4.69) is 5.32 Å². The first-order valence-corrected chi connectivity index (χ1v) is 9.57. The Kier molecular flexibility index (Phi) is 7.58. The third-order valence-corrected chi connectivity index (χ3v) is 4.27. The van der Waals surface area contributed by atoms with Gasteiger partial charge in [-0.2, -0.15) is 0 Å². The largest absolute Gasteiger partial charge is 0.493 e. The highest BCUT2D eigenvalue weighted by Crippen LogP contribution is 2.39. The Hall–Kier alpha value is -4.14. The van der Waals surface area contributed by atoms with Crippen molar-refractivity contribution in [2.45, 2.75) is 6.61 Å². The predicted octanol–water partition coefficient (Wildman–Crippen LogP) is 3.68. The van der Waals surface area contributed by atoms with Crippen molar-refractivity contribution >= 4 is 17.6 Å². The molecule has 1 heterocycles. The molecule has 3 aromatic rings. The van der Waals surface area contributed by atoms with Crippen molar-refractivity contribution in [1.29, 1.82) is 0 Å². The average Bonchev–Trinajstić information content (AvgIpc) is 3.30. The highest BCUT2D eigenvalue weighted by molar-refractivity contribution is 5.95. The highest BCUT2D eigenvalue weighted by Gasteiger charge is 2.17. The second kappa shape index (κ2) is 10.8. The van der Waals surface area contributed by atoms with Crippen molar-refractivity contribution < 1.29 is 37.7 Å². The zero-order valence-electron chi connectivity index (χ0n) is 17.9. The van der Waals surface area contributed by atoms with Crippen LogP contribution in [-0.2, 0) is 16.1 Å². The van der Waals surface area contributed by atoms with Crippen LogP contribution in [0.1, 0.15) is 16.3 Å². The summed E-state index contributed by atoms with van der Waals surface area (Å²) in [6, 6.07) is 15.4. The van der Waals surface area contributed by atoms with E-state index in [1.165, 1.54) is 27.4 Å². The van der Waals surface area contributed by atoms with Crippen LogP contribution in [0.3, 0.4) is 0 Å². The van der Waals surface area contributed by atoms with E-state index in [-0.39, 0.29) is 12.4 Å². The smallest absolute Gasteiger partial charge is 0.374 e. The fourth-order valence-corrected chi connectivity index (χ4v) is 2.79. The molecule has 1 N–H and O–H groups in total. The molecule has 0 aliphatic rings. The van der Waals surface area contributed by atoms with Crippen LogP contribution in [0.2, 0.25) is 0 Å². The molecule has 0 saturated carbocycles. The molecular weight excluding hydrogens is 418 g/mol. The minimum Gasteiger partial charge on any atom is -0.493 e. The van der Waals surface area contributed by atoms with E-state index in [0.29, 0.717) is 34.4 Å². The fraction of sp³-hybridized carbons (Fsp3) is 0.217. The van der Waals surface area contributed by atoms with Crippen molar-refractivity contribution in [1.82, 2.24) is 0 Å². The molecule has 168 valence electrons. The van der Waals surface area contributed by atoms with Crippen molar-refractivity contribution in [3.8, 4) is 23.0 Å². The minimum absolute atomic E-state index is 0.0303. The first-order valence-electron chi connectivity index (χ1n) is 9.57. The maximum atomic E-state index is 12.2. The summed E-state index contributed by atoms with van der Waals surface area (Å²) in [5.74, 6) is 0.920. The molecule has 9 nitrogen and oxygen atoms in total. The van der Waals surface area contributed by atoms with Gasteiger partial charge < -0.3 is 33.4 Å². The molecule has 2 aromatic carbocycles. The molecule has 0 spiro atoms. The Bertz CT molecular complexity index is 1040. The molecule has 0 bridgehead atoms. The van der Waals surface area contributed by atoms with Gasteiger partial charge in [0.05, 0.1) is 21.3 Å². The van der Waals surface area contributed by atoms with Crippen molar-refractivity contribution in [2.75, 3.05) is 33.3 Å². The summed E-state index contributed by atoms with van der Waals surface area (Å²) >= 11 is 0. The topological polar surface area (TPSA) is 105 Å². The zero-order valence-corrected chi connectivity index (χ0v) is 17.9. The molecule has 0 unspecified atom stereocenters. The molecular formula is C23H23NO8. The number of para-hydroxylation sites is 1. The van der Waals surface area contributed by atoms with E-state index in [9.17, 15) is 9.59 Å². The summed E-state index contributed by atoms with van der Waals surface area (Å²) in [5, 5.41) is 2.61. The quantitative estimate of drug-likeness (QED) is 0.475. The van der Waals surface area contributed by atoms with E-state index >= 15 is 0 Å². The van der Waals surface area contributed by atoms with Gasteiger partial charge in [0.15, 0.2) is 18.1 Å². The molecule has 0 radical (unpaired) electrons. The molecule has 3 rings (SSSR count). The van der Waals surface area contributed by atoms with Gasteiger partial charge in [-0.15, -0.1) is 0 Å². The number of esters is 1. The van der Waals surface area contributed by atoms with Crippen LogP contribution >= 0.6 is 0 Å². The maximum absolute atomic E-state index is 12.2. The molecule has 1 aromatic heterocycles. The van der Waals surface area contributed by atoms with Crippen LogP contribution in [0.25, 0.3) is 0 Å². The van der Waals surface area contributed by atoms with E-state index in [0.717, 1.165) is 0 Å². The lowest BCUT2D eigenvalue weighted by Crippen LogP contribution is -2.20. The van der Waals surface area contributed by atoms with E-state index in [4.69, 9.17) is 28.1 Å². The lowest BCUT2D eigenvalue weighted by atomic mass is 10.2. The molecule has 0 saturated heterocycles. The van der Waals surface area contributed by atoms with Gasteiger partial charge in [-0.25, -0.2) is 4.79 Å². The number of anilines is 1. The summed E-state index contributed by atoms with van der Waals surface area (Å²) in [6.45, 7) is -0.356. The maximum Gasteiger partial charge on any atom is 0.374 e. The van der Waals surface area contributed by atoms with Gasteiger partial charge in [-0.3, -0.25) is 4.79 Å². The predicted molar refractivity (Wildman–Crippen MR) is 114 cm³/mol. The molecule has 9 heteroatoms. The van der Waals surface area contributed by atoms with Gasteiger partial charge in [0, 0.05) is 17.8 Å². The van der Waals surface area contributed by atoms with Gasteiger partial charge in [-0.1, -0.05) is 18.2 Å². The molecule has 1 amide bonds. The van der Waals surface area contributed by atoms with Gasteiger partial charge in [0.2, 0.25) is 11.5 Å². The second-order valence-electron chi connectivity index (χ2n) is 6.41. The first-order chi connectivity index (χ1) is 15.5. The van der Waals surface area contributed by atoms with Gasteiger partial charge in [0.1, 0.15) is 18.1 Å². The Balaban J connectivity index is 1.53. The third-order valence-electron chi connectivity index (χ3n) is 4.27. The van der Waals surface area contributed by atoms with Gasteiger partial charge >= 0.3 is 5.97 Å². The lowest BCUT2D eigenvalue weighted by molar-refractivity contribution is -0.119. The Morgan fingerprint density at radius 1 is 0.906 bits per heavy atom. The summed E-state index contributed by atoms with van der Waals surface area (Å²) in [6.07, 6.45) is 0. The monoisotopic (exact) mass is 441 g/mol. The SMILES string of the molecule is COc1cc(NC(=O)COC(=O)c2ccc(COc3ccccc3)o2)cc(OC)c1OC. The minimum atomic E-state index is -0.768. The van der Waals surface area contributed by atoms with Crippen LogP contribution in [0.4, 0.5) is 5.69 Å². The van der Waals surface area contributed by atoms with Crippen molar-refractivity contribution in [2.24, 2.45) is 0 Å². The molecule has 32 heavy (non-hydrogen) atoms. The zero-order chi connectivity index (χ0) is 22.9. The van der Waals surface area contributed by atoms with E-state index in [1.54, 1.807) is 18.2 Å². The van der Waals surface area contributed by atoms with Crippen LogP contribution < -0.4 is 24.3 Å². The number of amides is 1. The number of carbonyl (C=O) groups excluding carboxylic acids is 2. The number of furan rings is 1. The summed E-state index contributed by atoms with van der Waals surface area (Å²) < 4.78 is 31.7. The summed E-state index contributed by atoms with van der Waals surface area (Å²) in [5.41, 5.74) is 0.388. The average molecular weight is 441 g/mol. The number of ether oxygens (including phenoxy) is 5. The lowest BCUT2D eigenvalue weighted by Gasteiger charge is -2.14. The Morgan fingerprint density at radius 3 is 2.22 bits per heavy atom. The normalized spacial score (nSPS) is 10.2. The van der Waals surface area contributed by atoms with E-state index in [1.807, 2.05) is 30.3 Å². The van der Waals surface area contributed by atoms with Crippen LogP contribution in [-0.4, -0.2) is 39.8 Å². The molecule has 0 aliphatic carbocycles. The Morgan fingerprint density at radius 2 is 1.59 bits per heavy atom. The number of methoxy groups -OCH3 is 3. The van der Waals surface area contributed by atoms with Crippen LogP contribution in [0.15, 0.2) is 59.0 Å². The number of benzene rings is 2. The second-order valence-corrected chi connectivity index (χ2v) is 6.41. The number of hydrogen-bond acceptors (Lipinski definition) is 8. The number of hydrogen-bond donors (Lipinski definition) is 1. The third kappa shape index (κ3) is 5.72. The Labute approximate surface area is 184 Å². The first kappa shape index (κ1) is 22.5. The van der Waals surface area contributed by atoms with Crippen molar-refractivity contribution in [3.63, 3.8) is 0 Å². The summed E-state index contributed by atoms with van der Waals surface area (Å²) in [4.78, 5) is 24.4. The standard InChI is InChI=1S/C23H23NO8/c1-27-19-11-15(12-20(28-2)22(19)29-3)24-21(25)14-31-23(26)18-10-9-17(32-18)13-30-16-7-5-4-6-8-16/h4-12H,13-14H2,1-3H3,(H,24,25). The van der Waals surface area contributed by atoms with Gasteiger partial charge in [-0.05, 0) is 24.3 Å². The number of rotatable bonds is 10. The molecule has 0 atom stereocenters. The highest BCUT2D eigenvalue weighted by atomic mass is 16.6. The number of nitrogens with one attached hydrogen (secondary N) is 1. The van der Waals surface area contributed by atoms with Gasteiger partial charge in [0.25, 0.3) is 5.91 Å². The fourth-order valence-electron chi connectivity index (χ4n) is 2.79. The molecule has 0 fully saturated rings. The number of carbonyl (C=O) groups is 2. The van der Waals surface area contributed by atoms with E-state index < -0.39 is 18.5 Å². The van der Waals surface area contributed by atoms with Crippen molar-refractivity contribution in [3.05, 3.63) is 66.1 Å².